The summed E-state index contributed by atoms with van der Waals surface area (Å²) in [5.41, 5.74) is 0.811. The van der Waals surface area contributed by atoms with E-state index in [1.54, 1.807) is 6.92 Å². The smallest absolute Gasteiger partial charge is 0.219 e. The standard InChI is InChI=1S/C15H20N6O/c1-11(22)19-7-2-8-20(10-9-19)14-6-5-13-16-17-15(12-3-4-12)21(13)18-14/h5-6,12H,2-4,7-10H2,1H3. The van der Waals surface area contributed by atoms with Gasteiger partial charge in [0.15, 0.2) is 11.5 Å². The van der Waals surface area contributed by atoms with Crippen LogP contribution in [-0.4, -0.2) is 56.8 Å². The van der Waals surface area contributed by atoms with E-state index in [1.807, 2.05) is 21.5 Å². The number of hydrogen-bond acceptors (Lipinski definition) is 5. The molecule has 116 valence electrons. The van der Waals surface area contributed by atoms with Gasteiger partial charge >= 0.3 is 0 Å². The Labute approximate surface area is 128 Å². The number of hydrogen-bond donors (Lipinski definition) is 0. The highest BCUT2D eigenvalue weighted by Crippen LogP contribution is 2.38. The lowest BCUT2D eigenvalue weighted by molar-refractivity contribution is -0.128. The lowest BCUT2D eigenvalue weighted by Gasteiger charge is -2.22. The van der Waals surface area contributed by atoms with E-state index in [0.29, 0.717) is 5.92 Å². The first-order chi connectivity index (χ1) is 10.7. The Balaban J connectivity index is 1.60. The highest BCUT2D eigenvalue weighted by molar-refractivity contribution is 5.73. The van der Waals surface area contributed by atoms with Crippen molar-refractivity contribution in [2.75, 3.05) is 31.1 Å². The molecule has 0 N–H and O–H groups in total. The SMILES string of the molecule is CC(=O)N1CCCN(c2ccc3nnc(C4CC4)n3n2)CC1. The summed E-state index contributed by atoms with van der Waals surface area (Å²) < 4.78 is 1.89. The number of nitrogens with zero attached hydrogens (tertiary/aromatic N) is 6. The number of fused-ring (bicyclic) bond motifs is 1. The number of carbonyl (C=O) groups excluding carboxylic acids is 1. The number of amides is 1. The van der Waals surface area contributed by atoms with Gasteiger partial charge in [0.05, 0.1) is 0 Å². The number of carbonyl (C=O) groups is 1. The van der Waals surface area contributed by atoms with Crippen molar-refractivity contribution in [3.8, 4) is 0 Å². The van der Waals surface area contributed by atoms with Crippen molar-refractivity contribution in [1.29, 1.82) is 0 Å². The summed E-state index contributed by atoms with van der Waals surface area (Å²) in [5, 5.41) is 13.2. The Morgan fingerprint density at radius 3 is 2.77 bits per heavy atom. The molecule has 1 aliphatic carbocycles. The Kier molecular flexibility index (Phi) is 3.20. The van der Waals surface area contributed by atoms with Crippen molar-refractivity contribution in [3.63, 3.8) is 0 Å². The second-order valence-corrected chi connectivity index (χ2v) is 6.14. The first-order valence-electron chi connectivity index (χ1n) is 7.95. The van der Waals surface area contributed by atoms with Crippen molar-refractivity contribution in [2.45, 2.75) is 32.1 Å². The second-order valence-electron chi connectivity index (χ2n) is 6.14. The Morgan fingerprint density at radius 2 is 2.00 bits per heavy atom. The Bertz CT molecular complexity index is 707. The van der Waals surface area contributed by atoms with Crippen LogP contribution < -0.4 is 4.90 Å². The van der Waals surface area contributed by atoms with E-state index in [-0.39, 0.29) is 5.91 Å². The predicted octanol–water partition coefficient (Wildman–Crippen LogP) is 1.06. The molecule has 1 saturated carbocycles. The van der Waals surface area contributed by atoms with Gasteiger partial charge in [-0.05, 0) is 31.4 Å². The molecule has 0 bridgehead atoms. The molecule has 7 nitrogen and oxygen atoms in total. The minimum Gasteiger partial charge on any atom is -0.353 e. The topological polar surface area (TPSA) is 66.6 Å². The first-order valence-corrected chi connectivity index (χ1v) is 7.95. The van der Waals surface area contributed by atoms with Gasteiger partial charge in [-0.25, -0.2) is 0 Å². The molecule has 2 aromatic heterocycles. The number of anilines is 1. The quantitative estimate of drug-likeness (QED) is 0.829. The van der Waals surface area contributed by atoms with Crippen molar-refractivity contribution in [2.24, 2.45) is 0 Å². The summed E-state index contributed by atoms with van der Waals surface area (Å²) in [6, 6.07) is 3.99. The van der Waals surface area contributed by atoms with E-state index in [9.17, 15) is 4.79 Å². The van der Waals surface area contributed by atoms with Crippen LogP contribution in [0.1, 0.15) is 37.9 Å². The maximum atomic E-state index is 11.5. The van der Waals surface area contributed by atoms with Crippen molar-refractivity contribution in [3.05, 3.63) is 18.0 Å². The molecule has 1 saturated heterocycles. The Hall–Kier alpha value is -2.18. The molecule has 7 heteroatoms. The molecule has 2 aliphatic rings. The minimum absolute atomic E-state index is 0.153. The van der Waals surface area contributed by atoms with Gasteiger partial charge in [-0.3, -0.25) is 4.79 Å². The first kappa shape index (κ1) is 13.5. The lowest BCUT2D eigenvalue weighted by Crippen LogP contribution is -2.34. The van der Waals surface area contributed by atoms with Gasteiger partial charge in [0.1, 0.15) is 5.82 Å². The molecule has 1 aliphatic heterocycles. The van der Waals surface area contributed by atoms with E-state index in [4.69, 9.17) is 5.10 Å². The highest BCUT2D eigenvalue weighted by Gasteiger charge is 2.29. The van der Waals surface area contributed by atoms with Crippen LogP contribution >= 0.6 is 0 Å². The molecule has 0 atom stereocenters. The largest absolute Gasteiger partial charge is 0.353 e. The average Bonchev–Trinajstić information content (AvgIpc) is 3.30. The molecule has 4 rings (SSSR count). The second kappa shape index (κ2) is 5.23. The van der Waals surface area contributed by atoms with Gasteiger partial charge in [0, 0.05) is 39.0 Å². The van der Waals surface area contributed by atoms with Gasteiger partial charge in [-0.1, -0.05) is 0 Å². The van der Waals surface area contributed by atoms with Crippen molar-refractivity contribution >= 4 is 17.4 Å². The number of aromatic nitrogens is 4. The third kappa shape index (κ3) is 2.40. The molecular formula is C15H20N6O. The van der Waals surface area contributed by atoms with Gasteiger partial charge in [-0.2, -0.15) is 4.52 Å². The van der Waals surface area contributed by atoms with Gasteiger partial charge in [0.2, 0.25) is 5.91 Å². The van der Waals surface area contributed by atoms with Crippen LogP contribution in [0.25, 0.3) is 5.65 Å². The van der Waals surface area contributed by atoms with Crippen LogP contribution in [0.5, 0.6) is 0 Å². The summed E-state index contributed by atoms with van der Waals surface area (Å²) in [6.45, 7) is 4.96. The van der Waals surface area contributed by atoms with Gasteiger partial charge in [0.25, 0.3) is 0 Å². The number of rotatable bonds is 2. The summed E-state index contributed by atoms with van der Waals surface area (Å²) in [5.74, 6) is 2.60. The van der Waals surface area contributed by atoms with Gasteiger partial charge < -0.3 is 9.80 Å². The Morgan fingerprint density at radius 1 is 1.14 bits per heavy atom. The normalized spacial score (nSPS) is 19.5. The van der Waals surface area contributed by atoms with Crippen LogP contribution in [-0.2, 0) is 4.79 Å². The molecule has 0 radical (unpaired) electrons. The average molecular weight is 300 g/mol. The fourth-order valence-electron chi connectivity index (χ4n) is 3.02. The summed E-state index contributed by atoms with van der Waals surface area (Å²) in [6.07, 6.45) is 3.34. The summed E-state index contributed by atoms with van der Waals surface area (Å²) in [4.78, 5) is 15.7. The van der Waals surface area contributed by atoms with Crippen molar-refractivity contribution < 1.29 is 4.79 Å². The maximum absolute atomic E-state index is 11.5. The zero-order valence-electron chi connectivity index (χ0n) is 12.8. The summed E-state index contributed by atoms with van der Waals surface area (Å²) in [7, 11) is 0. The highest BCUT2D eigenvalue weighted by atomic mass is 16.2. The maximum Gasteiger partial charge on any atom is 0.219 e. The molecule has 0 unspecified atom stereocenters. The van der Waals surface area contributed by atoms with E-state index < -0.39 is 0 Å². The fourth-order valence-corrected chi connectivity index (χ4v) is 3.02. The van der Waals surface area contributed by atoms with Crippen LogP contribution in [0.3, 0.4) is 0 Å². The van der Waals surface area contributed by atoms with Crippen LogP contribution in [0.15, 0.2) is 12.1 Å². The molecule has 2 aromatic rings. The zero-order chi connectivity index (χ0) is 15.1. The molecule has 2 fully saturated rings. The van der Waals surface area contributed by atoms with Gasteiger partial charge in [-0.15, -0.1) is 15.3 Å². The van der Waals surface area contributed by atoms with Crippen LogP contribution in [0.4, 0.5) is 5.82 Å². The van der Waals surface area contributed by atoms with E-state index in [2.05, 4.69) is 15.1 Å². The molecule has 22 heavy (non-hydrogen) atoms. The van der Waals surface area contributed by atoms with E-state index in [0.717, 1.165) is 49.9 Å². The monoisotopic (exact) mass is 300 g/mol. The third-order valence-corrected chi connectivity index (χ3v) is 4.48. The fraction of sp³-hybridized carbons (Fsp3) is 0.600. The lowest BCUT2D eigenvalue weighted by atomic mass is 10.3. The minimum atomic E-state index is 0.153. The van der Waals surface area contributed by atoms with E-state index >= 15 is 0 Å². The van der Waals surface area contributed by atoms with Crippen LogP contribution in [0.2, 0.25) is 0 Å². The zero-order valence-corrected chi connectivity index (χ0v) is 12.8. The van der Waals surface area contributed by atoms with Crippen LogP contribution in [0, 0.1) is 0 Å². The predicted molar refractivity (Wildman–Crippen MR) is 81.8 cm³/mol. The molecule has 3 heterocycles. The molecule has 0 spiro atoms. The molecular weight excluding hydrogens is 280 g/mol. The molecule has 1 amide bonds. The van der Waals surface area contributed by atoms with E-state index in [1.165, 1.54) is 12.8 Å². The molecule has 0 aromatic carbocycles. The summed E-state index contributed by atoms with van der Waals surface area (Å²) >= 11 is 0. The van der Waals surface area contributed by atoms with Crippen molar-refractivity contribution in [1.82, 2.24) is 24.7 Å². The third-order valence-electron chi connectivity index (χ3n) is 4.48.